The first-order valence-corrected chi connectivity index (χ1v) is 9.59. The molecule has 0 saturated carbocycles. The maximum absolute atomic E-state index is 11.5. The van der Waals surface area contributed by atoms with Crippen LogP contribution in [-0.2, 0) is 15.6 Å². The summed E-state index contributed by atoms with van der Waals surface area (Å²) in [7, 11) is -3.02. The van der Waals surface area contributed by atoms with Gasteiger partial charge < -0.3 is 5.32 Å². The van der Waals surface area contributed by atoms with Gasteiger partial charge in [-0.1, -0.05) is 36.8 Å². The lowest BCUT2D eigenvalue weighted by molar-refractivity contribution is 0.381. The number of nitrogens with one attached hydrogen (secondary N) is 1. The third-order valence-corrected chi connectivity index (χ3v) is 5.14. The van der Waals surface area contributed by atoms with Crippen LogP contribution in [-0.4, -0.2) is 21.2 Å². The number of hydrogen-bond acceptors (Lipinski definition) is 3. The Morgan fingerprint density at radius 1 is 1.29 bits per heavy atom. The number of sulfone groups is 1. The van der Waals surface area contributed by atoms with Gasteiger partial charge >= 0.3 is 0 Å². The molecule has 1 aliphatic carbocycles. The van der Waals surface area contributed by atoms with Gasteiger partial charge in [0, 0.05) is 18.5 Å². The van der Waals surface area contributed by atoms with E-state index in [1.807, 2.05) is 24.3 Å². The summed E-state index contributed by atoms with van der Waals surface area (Å²) in [4.78, 5) is 0. The van der Waals surface area contributed by atoms with E-state index in [2.05, 4.69) is 25.2 Å². The molecule has 0 radical (unpaired) electrons. The summed E-state index contributed by atoms with van der Waals surface area (Å²) < 4.78 is 23.1. The van der Waals surface area contributed by atoms with Gasteiger partial charge in [-0.05, 0) is 43.2 Å². The molecule has 0 bridgehead atoms. The normalized spacial score (nSPS) is 22.7. The maximum atomic E-state index is 11.5. The Morgan fingerprint density at radius 3 is 2.67 bits per heavy atom. The van der Waals surface area contributed by atoms with E-state index in [0.717, 1.165) is 17.8 Å². The SMILES string of the molecule is CC1=CCCC(C)C1CNc1ccccc1CS(C)(=O)=O. The number of rotatable bonds is 5. The van der Waals surface area contributed by atoms with Crippen LogP contribution in [0.4, 0.5) is 5.69 Å². The lowest BCUT2D eigenvalue weighted by Crippen LogP contribution is -2.25. The first-order valence-electron chi connectivity index (χ1n) is 7.53. The number of para-hydroxylation sites is 1. The Balaban J connectivity index is 2.10. The largest absolute Gasteiger partial charge is 0.384 e. The predicted molar refractivity (Wildman–Crippen MR) is 89.1 cm³/mol. The summed E-state index contributed by atoms with van der Waals surface area (Å²) in [6.45, 7) is 5.36. The van der Waals surface area contributed by atoms with Crippen LogP contribution in [0, 0.1) is 11.8 Å². The molecule has 1 aromatic rings. The minimum atomic E-state index is -3.02. The summed E-state index contributed by atoms with van der Waals surface area (Å²) in [6.07, 6.45) is 6.01. The summed E-state index contributed by atoms with van der Waals surface area (Å²) in [5.41, 5.74) is 3.24. The zero-order valence-corrected chi connectivity index (χ0v) is 13.9. The van der Waals surface area contributed by atoms with Crippen LogP contribution in [0.1, 0.15) is 32.3 Å². The van der Waals surface area contributed by atoms with Crippen molar-refractivity contribution in [3.8, 4) is 0 Å². The molecule has 116 valence electrons. The highest BCUT2D eigenvalue weighted by Gasteiger charge is 2.22. The van der Waals surface area contributed by atoms with E-state index < -0.39 is 9.84 Å². The van der Waals surface area contributed by atoms with Crippen LogP contribution in [0.5, 0.6) is 0 Å². The second-order valence-electron chi connectivity index (χ2n) is 6.22. The Labute approximate surface area is 128 Å². The van der Waals surface area contributed by atoms with Gasteiger partial charge in [-0.25, -0.2) is 8.42 Å². The van der Waals surface area contributed by atoms with Gasteiger partial charge in [0.15, 0.2) is 9.84 Å². The summed E-state index contributed by atoms with van der Waals surface area (Å²) in [6, 6.07) is 7.69. The van der Waals surface area contributed by atoms with Crippen LogP contribution < -0.4 is 5.32 Å². The molecule has 4 heteroatoms. The fourth-order valence-electron chi connectivity index (χ4n) is 3.06. The average molecular weight is 307 g/mol. The van der Waals surface area contributed by atoms with Crippen LogP contribution in [0.3, 0.4) is 0 Å². The molecule has 1 aliphatic rings. The smallest absolute Gasteiger partial charge is 0.151 e. The molecule has 2 atom stereocenters. The van der Waals surface area contributed by atoms with E-state index in [1.165, 1.54) is 24.7 Å². The highest BCUT2D eigenvalue weighted by Crippen LogP contribution is 2.30. The second-order valence-corrected chi connectivity index (χ2v) is 8.36. The number of hydrogen-bond donors (Lipinski definition) is 1. The van der Waals surface area contributed by atoms with Gasteiger partial charge in [0.05, 0.1) is 5.75 Å². The molecule has 0 heterocycles. The van der Waals surface area contributed by atoms with E-state index in [4.69, 9.17) is 0 Å². The third kappa shape index (κ3) is 4.60. The number of benzene rings is 1. The molecule has 2 rings (SSSR count). The van der Waals surface area contributed by atoms with Crippen molar-refractivity contribution in [1.29, 1.82) is 0 Å². The van der Waals surface area contributed by atoms with Crippen molar-refractivity contribution >= 4 is 15.5 Å². The van der Waals surface area contributed by atoms with Crippen molar-refractivity contribution in [2.45, 2.75) is 32.4 Å². The van der Waals surface area contributed by atoms with Gasteiger partial charge in [-0.3, -0.25) is 0 Å². The molecule has 0 saturated heterocycles. The standard InChI is InChI=1S/C17H25NO2S/c1-13-7-6-8-14(2)16(13)11-18-17-10-5-4-9-15(17)12-21(3,19)20/h4-5,7,9-10,14,16,18H,6,8,11-12H2,1-3H3. The van der Waals surface area contributed by atoms with E-state index >= 15 is 0 Å². The van der Waals surface area contributed by atoms with Crippen LogP contribution in [0.2, 0.25) is 0 Å². The molecule has 0 spiro atoms. The van der Waals surface area contributed by atoms with Gasteiger partial charge in [-0.15, -0.1) is 0 Å². The molecular weight excluding hydrogens is 282 g/mol. The van der Waals surface area contributed by atoms with E-state index in [0.29, 0.717) is 11.8 Å². The summed E-state index contributed by atoms with van der Waals surface area (Å²) in [5, 5.41) is 3.46. The molecule has 0 fully saturated rings. The monoisotopic (exact) mass is 307 g/mol. The Bertz CT molecular complexity index is 619. The molecule has 0 aromatic heterocycles. The van der Waals surface area contributed by atoms with Crippen molar-refractivity contribution < 1.29 is 8.42 Å². The minimum absolute atomic E-state index is 0.0885. The lowest BCUT2D eigenvalue weighted by Gasteiger charge is -2.29. The van der Waals surface area contributed by atoms with E-state index in [-0.39, 0.29) is 5.75 Å². The first kappa shape index (κ1) is 16.1. The van der Waals surface area contributed by atoms with E-state index in [9.17, 15) is 8.42 Å². The average Bonchev–Trinajstić information content (AvgIpc) is 2.38. The van der Waals surface area contributed by atoms with Crippen LogP contribution >= 0.6 is 0 Å². The van der Waals surface area contributed by atoms with Crippen LogP contribution in [0.25, 0.3) is 0 Å². The maximum Gasteiger partial charge on any atom is 0.151 e. The van der Waals surface area contributed by atoms with E-state index in [1.54, 1.807) is 0 Å². The molecular formula is C17H25NO2S. The third-order valence-electron chi connectivity index (χ3n) is 4.31. The van der Waals surface area contributed by atoms with Crippen molar-refractivity contribution in [3.63, 3.8) is 0 Å². The Morgan fingerprint density at radius 2 is 2.00 bits per heavy atom. The van der Waals surface area contributed by atoms with Crippen molar-refractivity contribution in [3.05, 3.63) is 41.5 Å². The fraction of sp³-hybridized carbons (Fsp3) is 0.529. The molecule has 0 aliphatic heterocycles. The molecule has 1 aromatic carbocycles. The first-order chi connectivity index (χ1) is 9.87. The summed E-state index contributed by atoms with van der Waals surface area (Å²) in [5.74, 6) is 1.29. The quantitative estimate of drug-likeness (QED) is 0.845. The molecule has 1 N–H and O–H groups in total. The predicted octanol–water partition coefficient (Wildman–Crippen LogP) is 3.64. The van der Waals surface area contributed by atoms with Gasteiger partial charge in [-0.2, -0.15) is 0 Å². The fourth-order valence-corrected chi connectivity index (χ4v) is 3.88. The van der Waals surface area contributed by atoms with Crippen molar-refractivity contribution in [2.75, 3.05) is 18.1 Å². The minimum Gasteiger partial charge on any atom is -0.384 e. The van der Waals surface area contributed by atoms with Gasteiger partial charge in [0.1, 0.15) is 0 Å². The van der Waals surface area contributed by atoms with Crippen molar-refractivity contribution in [2.24, 2.45) is 11.8 Å². The highest BCUT2D eigenvalue weighted by molar-refractivity contribution is 7.89. The molecule has 21 heavy (non-hydrogen) atoms. The summed E-state index contributed by atoms with van der Waals surface area (Å²) >= 11 is 0. The molecule has 2 unspecified atom stereocenters. The molecule has 0 amide bonds. The number of allylic oxidation sites excluding steroid dienone is 1. The molecule has 3 nitrogen and oxygen atoms in total. The zero-order valence-electron chi connectivity index (χ0n) is 13.1. The second kappa shape index (κ2) is 6.65. The van der Waals surface area contributed by atoms with Gasteiger partial charge in [0.25, 0.3) is 0 Å². The Kier molecular flexibility index (Phi) is 5.09. The topological polar surface area (TPSA) is 46.2 Å². The van der Waals surface area contributed by atoms with Crippen molar-refractivity contribution in [1.82, 2.24) is 0 Å². The Hall–Kier alpha value is -1.29. The lowest BCUT2D eigenvalue weighted by atomic mass is 9.80. The zero-order chi connectivity index (χ0) is 15.5. The van der Waals surface area contributed by atoms with Gasteiger partial charge in [0.2, 0.25) is 0 Å². The highest BCUT2D eigenvalue weighted by atomic mass is 32.2. The van der Waals surface area contributed by atoms with Crippen LogP contribution in [0.15, 0.2) is 35.9 Å². The number of anilines is 1.